The monoisotopic (exact) mass is 344 g/mol. The maximum atomic E-state index is 12.7. The molecule has 1 saturated heterocycles. The van der Waals surface area contributed by atoms with E-state index >= 15 is 0 Å². The van der Waals surface area contributed by atoms with Gasteiger partial charge in [-0.05, 0) is 31.2 Å². The Morgan fingerprint density at radius 3 is 2.77 bits per heavy atom. The van der Waals surface area contributed by atoms with E-state index in [0.717, 1.165) is 0 Å². The standard InChI is InChI=1S/C14H16N2O4S.ClH/c1-10-9-15-6-7-16(10)21(18,19)12-3-4-13-11(8-12)2-5-14(17)20-13;/h2-5,8,10,15H,6-7,9H2,1H3;1H. The molecule has 0 bridgehead atoms. The Morgan fingerprint density at radius 2 is 2.05 bits per heavy atom. The minimum atomic E-state index is -3.54. The van der Waals surface area contributed by atoms with E-state index in [4.69, 9.17) is 4.42 Å². The zero-order valence-corrected chi connectivity index (χ0v) is 13.6. The number of benzene rings is 1. The molecule has 1 atom stereocenters. The minimum Gasteiger partial charge on any atom is -0.423 e. The van der Waals surface area contributed by atoms with E-state index in [-0.39, 0.29) is 23.3 Å². The molecule has 2 aromatic rings. The first-order valence-corrected chi connectivity index (χ1v) is 8.19. The Balaban J connectivity index is 0.00000176. The lowest BCUT2D eigenvalue weighted by Crippen LogP contribution is -2.52. The molecule has 120 valence electrons. The average Bonchev–Trinajstić information content (AvgIpc) is 2.47. The molecule has 0 spiro atoms. The summed E-state index contributed by atoms with van der Waals surface area (Å²) in [5, 5.41) is 3.76. The summed E-state index contributed by atoms with van der Waals surface area (Å²) in [7, 11) is -3.54. The van der Waals surface area contributed by atoms with Gasteiger partial charge in [-0.25, -0.2) is 13.2 Å². The average molecular weight is 345 g/mol. The molecular weight excluding hydrogens is 328 g/mol. The summed E-state index contributed by atoms with van der Waals surface area (Å²) in [5.74, 6) is 0. The third kappa shape index (κ3) is 3.03. The number of fused-ring (bicyclic) bond motifs is 1. The van der Waals surface area contributed by atoms with Crippen LogP contribution in [0.15, 0.2) is 44.4 Å². The Kier molecular flexibility index (Phi) is 4.91. The van der Waals surface area contributed by atoms with Crippen molar-refractivity contribution in [1.29, 1.82) is 0 Å². The smallest absolute Gasteiger partial charge is 0.336 e. The molecule has 1 aliphatic rings. The van der Waals surface area contributed by atoms with Crippen molar-refractivity contribution in [2.75, 3.05) is 19.6 Å². The lowest BCUT2D eigenvalue weighted by molar-refractivity contribution is 0.284. The van der Waals surface area contributed by atoms with Crippen molar-refractivity contribution < 1.29 is 12.8 Å². The van der Waals surface area contributed by atoms with Crippen molar-refractivity contribution in [3.8, 4) is 0 Å². The molecule has 0 aliphatic carbocycles. The van der Waals surface area contributed by atoms with Gasteiger partial charge in [0.1, 0.15) is 5.58 Å². The van der Waals surface area contributed by atoms with Crippen LogP contribution in [0.4, 0.5) is 0 Å². The van der Waals surface area contributed by atoms with Crippen molar-refractivity contribution in [3.63, 3.8) is 0 Å². The van der Waals surface area contributed by atoms with Crippen LogP contribution in [-0.2, 0) is 10.0 Å². The maximum absolute atomic E-state index is 12.7. The zero-order valence-electron chi connectivity index (χ0n) is 12.0. The number of nitrogens with one attached hydrogen (secondary N) is 1. The Hall–Kier alpha value is -1.41. The van der Waals surface area contributed by atoms with Gasteiger partial charge in [0.25, 0.3) is 0 Å². The molecule has 3 rings (SSSR count). The molecule has 22 heavy (non-hydrogen) atoms. The Morgan fingerprint density at radius 1 is 1.27 bits per heavy atom. The Bertz CT molecular complexity index is 834. The first-order valence-electron chi connectivity index (χ1n) is 6.75. The highest BCUT2D eigenvalue weighted by Crippen LogP contribution is 2.23. The first-order chi connectivity index (χ1) is 9.98. The van der Waals surface area contributed by atoms with Crippen LogP contribution in [0.2, 0.25) is 0 Å². The molecule has 1 aromatic carbocycles. The van der Waals surface area contributed by atoms with Crippen LogP contribution in [0.3, 0.4) is 0 Å². The fraction of sp³-hybridized carbons (Fsp3) is 0.357. The molecule has 2 heterocycles. The summed E-state index contributed by atoms with van der Waals surface area (Å²) >= 11 is 0. The fourth-order valence-electron chi connectivity index (χ4n) is 2.53. The van der Waals surface area contributed by atoms with Crippen LogP contribution in [0.25, 0.3) is 11.0 Å². The molecule has 1 aromatic heterocycles. The summed E-state index contributed by atoms with van der Waals surface area (Å²) in [5.41, 5.74) is -0.0661. The zero-order chi connectivity index (χ0) is 15.0. The first kappa shape index (κ1) is 17.0. The minimum absolute atomic E-state index is 0. The lowest BCUT2D eigenvalue weighted by Gasteiger charge is -2.32. The van der Waals surface area contributed by atoms with Gasteiger partial charge in [-0.2, -0.15) is 4.31 Å². The number of sulfonamides is 1. The number of piperazine rings is 1. The van der Waals surface area contributed by atoms with Crippen molar-refractivity contribution in [3.05, 3.63) is 40.8 Å². The van der Waals surface area contributed by atoms with Gasteiger partial charge in [0.2, 0.25) is 10.0 Å². The highest BCUT2D eigenvalue weighted by Gasteiger charge is 2.30. The molecule has 0 radical (unpaired) electrons. The van der Waals surface area contributed by atoms with Crippen molar-refractivity contribution in [2.45, 2.75) is 17.9 Å². The van der Waals surface area contributed by atoms with Gasteiger partial charge >= 0.3 is 5.63 Å². The van der Waals surface area contributed by atoms with Gasteiger partial charge in [-0.15, -0.1) is 12.4 Å². The molecular formula is C14H17ClN2O4S. The lowest BCUT2D eigenvalue weighted by atomic mass is 10.2. The summed E-state index contributed by atoms with van der Waals surface area (Å²) in [6.07, 6.45) is 0. The Labute approximate surface area is 134 Å². The van der Waals surface area contributed by atoms with E-state index < -0.39 is 15.6 Å². The fourth-order valence-corrected chi connectivity index (χ4v) is 4.19. The molecule has 1 N–H and O–H groups in total. The summed E-state index contributed by atoms with van der Waals surface area (Å²) in [4.78, 5) is 11.4. The van der Waals surface area contributed by atoms with Crippen LogP contribution in [0.5, 0.6) is 0 Å². The molecule has 1 aliphatic heterocycles. The second-order valence-electron chi connectivity index (χ2n) is 5.12. The highest BCUT2D eigenvalue weighted by atomic mass is 35.5. The number of rotatable bonds is 2. The van der Waals surface area contributed by atoms with E-state index in [1.165, 1.54) is 22.5 Å². The summed E-state index contributed by atoms with van der Waals surface area (Å²) in [6, 6.07) is 7.31. The van der Waals surface area contributed by atoms with Crippen molar-refractivity contribution >= 4 is 33.4 Å². The van der Waals surface area contributed by atoms with Crippen molar-refractivity contribution in [1.82, 2.24) is 9.62 Å². The molecule has 8 heteroatoms. The van der Waals surface area contributed by atoms with E-state index in [9.17, 15) is 13.2 Å². The molecule has 0 amide bonds. The van der Waals surface area contributed by atoms with Crippen LogP contribution in [-0.4, -0.2) is 38.4 Å². The van der Waals surface area contributed by atoms with E-state index in [1.54, 1.807) is 12.1 Å². The van der Waals surface area contributed by atoms with Gasteiger partial charge in [0.05, 0.1) is 4.90 Å². The third-order valence-electron chi connectivity index (χ3n) is 3.64. The normalized spacial score (nSPS) is 19.8. The van der Waals surface area contributed by atoms with Crippen molar-refractivity contribution in [2.24, 2.45) is 0 Å². The quantitative estimate of drug-likeness (QED) is 0.828. The molecule has 6 nitrogen and oxygen atoms in total. The number of halogens is 1. The van der Waals surface area contributed by atoms with E-state index in [2.05, 4.69) is 5.32 Å². The van der Waals surface area contributed by atoms with Gasteiger partial charge in [-0.3, -0.25) is 0 Å². The molecule has 1 unspecified atom stereocenters. The van der Waals surface area contributed by atoms with E-state index in [1.807, 2.05) is 6.92 Å². The maximum Gasteiger partial charge on any atom is 0.336 e. The number of hydrogen-bond acceptors (Lipinski definition) is 5. The van der Waals surface area contributed by atoms with Gasteiger partial charge in [-0.1, -0.05) is 0 Å². The van der Waals surface area contributed by atoms with Gasteiger partial charge < -0.3 is 9.73 Å². The van der Waals surface area contributed by atoms with Crippen LogP contribution >= 0.6 is 12.4 Å². The van der Waals surface area contributed by atoms with E-state index in [0.29, 0.717) is 30.6 Å². The SMILES string of the molecule is CC1CNCCN1S(=O)(=O)c1ccc2oc(=O)ccc2c1.Cl. The summed E-state index contributed by atoms with van der Waals surface area (Å²) in [6.45, 7) is 3.61. The second kappa shape index (κ2) is 6.37. The highest BCUT2D eigenvalue weighted by molar-refractivity contribution is 7.89. The molecule has 1 fully saturated rings. The van der Waals surface area contributed by atoms with Gasteiger partial charge in [0, 0.05) is 37.1 Å². The number of nitrogens with zero attached hydrogens (tertiary/aromatic N) is 1. The topological polar surface area (TPSA) is 79.6 Å². The van der Waals surface area contributed by atoms with Crippen LogP contribution in [0, 0.1) is 0 Å². The largest absolute Gasteiger partial charge is 0.423 e. The summed E-state index contributed by atoms with van der Waals surface area (Å²) < 4.78 is 32.0. The van der Waals surface area contributed by atoms with Crippen LogP contribution < -0.4 is 10.9 Å². The predicted octanol–water partition coefficient (Wildman–Crippen LogP) is 1.20. The second-order valence-corrected chi connectivity index (χ2v) is 7.01. The third-order valence-corrected chi connectivity index (χ3v) is 5.65. The van der Waals surface area contributed by atoms with Crippen LogP contribution in [0.1, 0.15) is 6.92 Å². The predicted molar refractivity (Wildman–Crippen MR) is 86.0 cm³/mol. The van der Waals surface area contributed by atoms with Gasteiger partial charge in [0.15, 0.2) is 0 Å². The number of hydrogen-bond donors (Lipinski definition) is 1. The molecule has 0 saturated carbocycles.